The predicted octanol–water partition coefficient (Wildman–Crippen LogP) is 2.19. The molecule has 1 unspecified atom stereocenters. The van der Waals surface area contributed by atoms with Gasteiger partial charge in [-0.15, -0.1) is 0 Å². The molecule has 0 aliphatic carbocycles. The van der Waals surface area contributed by atoms with Crippen molar-refractivity contribution >= 4 is 5.91 Å². The third-order valence-corrected chi connectivity index (χ3v) is 4.36. The average Bonchev–Trinajstić information content (AvgIpc) is 2.55. The van der Waals surface area contributed by atoms with Crippen molar-refractivity contribution in [1.82, 2.24) is 9.80 Å². The molecule has 1 heterocycles. The van der Waals surface area contributed by atoms with Crippen LogP contribution in [0.2, 0.25) is 0 Å². The number of carbonyl (C=O) groups is 1. The number of carbonyl (C=O) groups excluding carboxylic acids is 1. The first kappa shape index (κ1) is 17.8. The Labute approximate surface area is 139 Å². The van der Waals surface area contributed by atoms with Crippen molar-refractivity contribution in [3.8, 4) is 5.75 Å². The van der Waals surface area contributed by atoms with Crippen molar-refractivity contribution in [2.75, 3.05) is 46.5 Å². The van der Waals surface area contributed by atoms with Crippen molar-refractivity contribution < 1.29 is 14.3 Å². The highest BCUT2D eigenvalue weighted by molar-refractivity contribution is 5.94. The van der Waals surface area contributed by atoms with Gasteiger partial charge in [0.05, 0.1) is 13.2 Å². The first-order chi connectivity index (χ1) is 11.1. The third-order valence-electron chi connectivity index (χ3n) is 4.36. The summed E-state index contributed by atoms with van der Waals surface area (Å²) in [6.45, 7) is 10.8. The summed E-state index contributed by atoms with van der Waals surface area (Å²) in [6.07, 6.45) is 0. The minimum absolute atomic E-state index is 0.106. The van der Waals surface area contributed by atoms with Crippen molar-refractivity contribution in [1.29, 1.82) is 0 Å². The first-order valence-electron chi connectivity index (χ1n) is 8.32. The molecule has 0 bridgehead atoms. The smallest absolute Gasteiger partial charge is 0.253 e. The summed E-state index contributed by atoms with van der Waals surface area (Å²) in [7, 11) is 1.72. The summed E-state index contributed by atoms with van der Waals surface area (Å²) in [5, 5.41) is 0. The molecule has 1 fully saturated rings. The molecular weight excluding hydrogens is 292 g/mol. The van der Waals surface area contributed by atoms with Gasteiger partial charge in [0.2, 0.25) is 0 Å². The standard InChI is InChI=1S/C18H28N2O3/c1-5-23-17-7-6-16(12-14(17)2)18(21)20-9-8-19(10-11-22-4)15(3)13-20/h6-7,12,15H,5,8-11,13H2,1-4H3. The van der Waals surface area contributed by atoms with Gasteiger partial charge in [0.1, 0.15) is 5.75 Å². The van der Waals surface area contributed by atoms with Crippen LogP contribution in [0.5, 0.6) is 5.75 Å². The highest BCUT2D eigenvalue weighted by Gasteiger charge is 2.27. The van der Waals surface area contributed by atoms with E-state index in [0.29, 0.717) is 12.6 Å². The van der Waals surface area contributed by atoms with Crippen LogP contribution >= 0.6 is 0 Å². The Kier molecular flexibility index (Phi) is 6.42. The normalized spacial score (nSPS) is 19.0. The van der Waals surface area contributed by atoms with E-state index in [-0.39, 0.29) is 5.91 Å². The minimum Gasteiger partial charge on any atom is -0.494 e. The molecule has 1 saturated heterocycles. The number of hydrogen-bond donors (Lipinski definition) is 0. The molecule has 0 saturated carbocycles. The van der Waals surface area contributed by atoms with Crippen LogP contribution in [0.1, 0.15) is 29.8 Å². The molecule has 1 aromatic carbocycles. The number of ether oxygens (including phenoxy) is 2. The van der Waals surface area contributed by atoms with Gasteiger partial charge in [-0.1, -0.05) is 0 Å². The maximum absolute atomic E-state index is 12.7. The molecule has 1 aromatic rings. The lowest BCUT2D eigenvalue weighted by Gasteiger charge is -2.39. The van der Waals surface area contributed by atoms with E-state index in [1.807, 2.05) is 36.9 Å². The van der Waals surface area contributed by atoms with Gasteiger partial charge in [-0.2, -0.15) is 0 Å². The highest BCUT2D eigenvalue weighted by atomic mass is 16.5. The fraction of sp³-hybridized carbons (Fsp3) is 0.611. The molecule has 128 valence electrons. The lowest BCUT2D eigenvalue weighted by Crippen LogP contribution is -2.54. The largest absolute Gasteiger partial charge is 0.494 e. The molecular formula is C18H28N2O3. The second-order valence-electron chi connectivity index (χ2n) is 6.04. The molecule has 1 aliphatic heterocycles. The summed E-state index contributed by atoms with van der Waals surface area (Å²) in [4.78, 5) is 17.0. The lowest BCUT2D eigenvalue weighted by atomic mass is 10.1. The number of piperazine rings is 1. The number of rotatable bonds is 6. The summed E-state index contributed by atoms with van der Waals surface area (Å²) in [5.74, 6) is 0.955. The van der Waals surface area contributed by atoms with Crippen LogP contribution in [0.15, 0.2) is 18.2 Å². The van der Waals surface area contributed by atoms with Gasteiger partial charge in [-0.3, -0.25) is 9.69 Å². The third kappa shape index (κ3) is 4.45. The Bertz CT molecular complexity index is 533. The number of methoxy groups -OCH3 is 1. The predicted molar refractivity (Wildman–Crippen MR) is 91.2 cm³/mol. The quantitative estimate of drug-likeness (QED) is 0.806. The van der Waals surface area contributed by atoms with Crippen LogP contribution in [0.25, 0.3) is 0 Å². The summed E-state index contributed by atoms with van der Waals surface area (Å²) in [5.41, 5.74) is 1.74. The van der Waals surface area contributed by atoms with Crippen LogP contribution in [0.3, 0.4) is 0 Å². The van der Waals surface area contributed by atoms with Crippen LogP contribution in [-0.4, -0.2) is 68.3 Å². The number of amides is 1. The van der Waals surface area contributed by atoms with Crippen LogP contribution in [0, 0.1) is 6.92 Å². The summed E-state index contributed by atoms with van der Waals surface area (Å²) in [6, 6.07) is 6.04. The molecule has 1 atom stereocenters. The zero-order valence-electron chi connectivity index (χ0n) is 14.7. The Morgan fingerprint density at radius 3 is 2.74 bits per heavy atom. The van der Waals surface area contributed by atoms with Gasteiger partial charge in [0.25, 0.3) is 5.91 Å². The summed E-state index contributed by atoms with van der Waals surface area (Å²) >= 11 is 0. The second kappa shape index (κ2) is 8.31. The van der Waals surface area contributed by atoms with E-state index in [4.69, 9.17) is 9.47 Å². The van der Waals surface area contributed by atoms with Crippen LogP contribution in [0.4, 0.5) is 0 Å². The van der Waals surface area contributed by atoms with Gasteiger partial charge >= 0.3 is 0 Å². The molecule has 2 rings (SSSR count). The SMILES string of the molecule is CCOc1ccc(C(=O)N2CCN(CCOC)C(C)C2)cc1C. The van der Waals surface area contributed by atoms with Crippen molar-refractivity contribution in [2.24, 2.45) is 0 Å². The van der Waals surface area contributed by atoms with Crippen molar-refractivity contribution in [3.63, 3.8) is 0 Å². The molecule has 0 spiro atoms. The maximum atomic E-state index is 12.7. The fourth-order valence-corrected chi connectivity index (χ4v) is 3.00. The number of hydrogen-bond acceptors (Lipinski definition) is 4. The molecule has 5 heteroatoms. The van der Waals surface area contributed by atoms with E-state index in [2.05, 4.69) is 11.8 Å². The molecule has 1 aliphatic rings. The zero-order chi connectivity index (χ0) is 16.8. The Morgan fingerprint density at radius 2 is 2.13 bits per heavy atom. The summed E-state index contributed by atoms with van der Waals surface area (Å²) < 4.78 is 10.7. The van der Waals surface area contributed by atoms with E-state index >= 15 is 0 Å². The average molecular weight is 320 g/mol. The van der Waals surface area contributed by atoms with E-state index in [0.717, 1.165) is 49.7 Å². The Hall–Kier alpha value is -1.59. The molecule has 0 N–H and O–H groups in total. The monoisotopic (exact) mass is 320 g/mol. The molecule has 0 aromatic heterocycles. The Morgan fingerprint density at radius 1 is 1.35 bits per heavy atom. The molecule has 1 amide bonds. The van der Waals surface area contributed by atoms with Crippen molar-refractivity contribution in [2.45, 2.75) is 26.8 Å². The maximum Gasteiger partial charge on any atom is 0.253 e. The number of nitrogens with zero attached hydrogens (tertiary/aromatic N) is 2. The fourth-order valence-electron chi connectivity index (χ4n) is 3.00. The molecule has 5 nitrogen and oxygen atoms in total. The first-order valence-corrected chi connectivity index (χ1v) is 8.32. The molecule has 0 radical (unpaired) electrons. The van der Waals surface area contributed by atoms with Gasteiger partial charge in [0.15, 0.2) is 0 Å². The lowest BCUT2D eigenvalue weighted by molar-refractivity contribution is 0.0434. The highest BCUT2D eigenvalue weighted by Crippen LogP contribution is 2.21. The van der Waals surface area contributed by atoms with Crippen molar-refractivity contribution in [3.05, 3.63) is 29.3 Å². The van der Waals surface area contributed by atoms with E-state index < -0.39 is 0 Å². The van der Waals surface area contributed by atoms with E-state index in [1.54, 1.807) is 7.11 Å². The van der Waals surface area contributed by atoms with Crippen LogP contribution in [-0.2, 0) is 4.74 Å². The van der Waals surface area contributed by atoms with Gasteiger partial charge in [-0.25, -0.2) is 0 Å². The molecule has 23 heavy (non-hydrogen) atoms. The zero-order valence-corrected chi connectivity index (χ0v) is 14.7. The van der Waals surface area contributed by atoms with Gasteiger partial charge in [0, 0.05) is 44.9 Å². The van der Waals surface area contributed by atoms with Gasteiger partial charge < -0.3 is 14.4 Å². The van der Waals surface area contributed by atoms with E-state index in [9.17, 15) is 4.79 Å². The van der Waals surface area contributed by atoms with Crippen LogP contribution < -0.4 is 4.74 Å². The topological polar surface area (TPSA) is 42.0 Å². The van der Waals surface area contributed by atoms with Gasteiger partial charge in [-0.05, 0) is 44.5 Å². The number of aryl methyl sites for hydroxylation is 1. The second-order valence-corrected chi connectivity index (χ2v) is 6.04. The number of benzene rings is 1. The minimum atomic E-state index is 0.106. The van der Waals surface area contributed by atoms with E-state index in [1.165, 1.54) is 0 Å². The Balaban J connectivity index is 2.00.